The van der Waals surface area contributed by atoms with Crippen molar-refractivity contribution < 1.29 is 14.4 Å². The predicted molar refractivity (Wildman–Crippen MR) is 108 cm³/mol. The average molecular weight is 423 g/mol. The van der Waals surface area contributed by atoms with Crippen molar-refractivity contribution >= 4 is 34.1 Å². The van der Waals surface area contributed by atoms with Gasteiger partial charge >= 0.3 is 5.69 Å². The Bertz CT molecular complexity index is 878. The van der Waals surface area contributed by atoms with Gasteiger partial charge in [-0.15, -0.1) is 11.3 Å². The Kier molecular flexibility index (Phi) is 6.40. The molecule has 0 spiro atoms. The number of nitrogens with one attached hydrogen (secondary N) is 2. The van der Waals surface area contributed by atoms with Crippen molar-refractivity contribution in [1.82, 2.24) is 14.5 Å². The molecule has 8 nitrogen and oxygen atoms in total. The van der Waals surface area contributed by atoms with E-state index in [0.29, 0.717) is 16.7 Å². The van der Waals surface area contributed by atoms with Gasteiger partial charge in [0.05, 0.1) is 32.1 Å². The Morgan fingerprint density at radius 3 is 3.00 bits per heavy atom. The minimum Gasteiger partial charge on any atom is -0.370 e. The van der Waals surface area contributed by atoms with Gasteiger partial charge in [0.2, 0.25) is 5.91 Å². The number of ether oxygens (including phenoxy) is 1. The highest BCUT2D eigenvalue weighted by atomic mass is 32.2. The molecule has 0 unspecified atom stereocenters. The molecule has 1 amide bonds. The van der Waals surface area contributed by atoms with Crippen molar-refractivity contribution in [3.05, 3.63) is 33.3 Å². The molecule has 3 heterocycles. The van der Waals surface area contributed by atoms with Gasteiger partial charge in [-0.05, 0) is 19.3 Å². The molecule has 28 heavy (non-hydrogen) atoms. The summed E-state index contributed by atoms with van der Waals surface area (Å²) >= 11 is 2.73. The fraction of sp³-hybridized carbons (Fsp3) is 0.556. The van der Waals surface area contributed by atoms with E-state index in [9.17, 15) is 9.59 Å². The molecule has 2 N–H and O–H groups in total. The lowest BCUT2D eigenvalue weighted by atomic mass is 10.2. The predicted octanol–water partition coefficient (Wildman–Crippen LogP) is -0.166. The third-order valence-corrected chi connectivity index (χ3v) is 6.81. The zero-order valence-electron chi connectivity index (χ0n) is 15.6. The summed E-state index contributed by atoms with van der Waals surface area (Å²) in [6.45, 7) is 5.18. The Morgan fingerprint density at radius 1 is 1.36 bits per heavy atom. The number of carbonyl (C=O) groups is 1. The Morgan fingerprint density at radius 2 is 2.21 bits per heavy atom. The van der Waals surface area contributed by atoms with Gasteiger partial charge in [-0.25, -0.2) is 9.78 Å². The molecular formula is C18H24N5O3S2+. The number of hydrogen-bond donors (Lipinski definition) is 2. The van der Waals surface area contributed by atoms with E-state index < -0.39 is 0 Å². The monoisotopic (exact) mass is 422 g/mol. The number of rotatable bonds is 7. The number of quaternary nitrogens is 1. The second kappa shape index (κ2) is 9.17. The molecular weight excluding hydrogens is 398 g/mol. The van der Waals surface area contributed by atoms with Gasteiger partial charge in [0.1, 0.15) is 18.1 Å². The minimum atomic E-state index is -0.198. The number of thiazole rings is 1. The number of carbonyl (C=O) groups excluding carboxylic acids is 1. The number of hydrogen-bond acceptors (Lipinski definition) is 7. The average Bonchev–Trinajstić information content (AvgIpc) is 3.38. The summed E-state index contributed by atoms with van der Waals surface area (Å²) in [7, 11) is 0. The summed E-state index contributed by atoms with van der Waals surface area (Å²) < 4.78 is 7.26. The zero-order chi connectivity index (χ0) is 19.3. The molecule has 2 aromatic rings. The third kappa shape index (κ3) is 4.62. The van der Waals surface area contributed by atoms with Crippen LogP contribution < -0.4 is 15.9 Å². The van der Waals surface area contributed by atoms with Gasteiger partial charge in [0, 0.05) is 22.8 Å². The summed E-state index contributed by atoms with van der Waals surface area (Å²) in [5, 5.41) is 5.88. The molecule has 0 atom stereocenters. The zero-order valence-corrected chi connectivity index (χ0v) is 17.2. The van der Waals surface area contributed by atoms with Gasteiger partial charge in [0.25, 0.3) is 0 Å². The van der Waals surface area contributed by atoms with E-state index >= 15 is 0 Å². The quantitative estimate of drug-likeness (QED) is 0.476. The van der Waals surface area contributed by atoms with Crippen LogP contribution in [-0.2, 0) is 28.9 Å². The molecule has 150 valence electrons. The molecule has 4 rings (SSSR count). The normalized spacial score (nSPS) is 16.9. The Balaban J connectivity index is 1.42. The van der Waals surface area contributed by atoms with Crippen molar-refractivity contribution in [3.8, 4) is 0 Å². The summed E-state index contributed by atoms with van der Waals surface area (Å²) in [5.41, 5.74) is 2.05. The van der Waals surface area contributed by atoms with Crippen molar-refractivity contribution in [2.24, 2.45) is 0 Å². The third-order valence-electron chi connectivity index (χ3n) is 5.11. The van der Waals surface area contributed by atoms with Crippen molar-refractivity contribution in [2.45, 2.75) is 30.8 Å². The molecule has 2 aliphatic rings. The first-order valence-electron chi connectivity index (χ1n) is 9.57. The molecule has 1 aliphatic heterocycles. The highest BCUT2D eigenvalue weighted by molar-refractivity contribution is 8.00. The first-order chi connectivity index (χ1) is 13.7. The molecule has 2 aromatic heterocycles. The van der Waals surface area contributed by atoms with E-state index in [4.69, 9.17) is 4.74 Å². The van der Waals surface area contributed by atoms with E-state index in [0.717, 1.165) is 63.4 Å². The van der Waals surface area contributed by atoms with Crippen molar-refractivity contribution in [1.29, 1.82) is 0 Å². The van der Waals surface area contributed by atoms with E-state index in [1.165, 1.54) is 28.0 Å². The van der Waals surface area contributed by atoms with Gasteiger partial charge < -0.3 is 15.0 Å². The molecule has 0 aromatic carbocycles. The lowest BCUT2D eigenvalue weighted by Gasteiger charge is -2.24. The lowest BCUT2D eigenvalue weighted by Crippen LogP contribution is -3.14. The van der Waals surface area contributed by atoms with E-state index in [1.807, 2.05) is 9.95 Å². The van der Waals surface area contributed by atoms with Crippen molar-refractivity contribution in [2.75, 3.05) is 43.9 Å². The number of thioether (sulfide) groups is 1. The van der Waals surface area contributed by atoms with E-state index in [-0.39, 0.29) is 17.3 Å². The van der Waals surface area contributed by atoms with Crippen LogP contribution in [0.3, 0.4) is 0 Å². The standard InChI is InChI=1S/C18H23N5O3S2/c24-15(20-17-19-4-11-27-17)12-28-16-13-2-1-3-14(13)23(18(25)21-16)6-5-22-7-9-26-10-8-22/h4,11H,1-3,5-10,12H2,(H,19,20,24)/p+1. The van der Waals surface area contributed by atoms with Gasteiger partial charge in [-0.3, -0.25) is 9.36 Å². The highest BCUT2D eigenvalue weighted by Gasteiger charge is 2.23. The van der Waals surface area contributed by atoms with Crippen molar-refractivity contribution in [3.63, 3.8) is 0 Å². The minimum absolute atomic E-state index is 0.131. The maximum atomic E-state index is 12.7. The smallest absolute Gasteiger partial charge is 0.349 e. The number of nitrogens with zero attached hydrogens (tertiary/aromatic N) is 3. The number of amides is 1. The van der Waals surface area contributed by atoms with Crippen LogP contribution in [0.25, 0.3) is 0 Å². The van der Waals surface area contributed by atoms with Gasteiger partial charge in [0.15, 0.2) is 5.13 Å². The van der Waals surface area contributed by atoms with Crippen LogP contribution in [0.15, 0.2) is 21.4 Å². The van der Waals surface area contributed by atoms with Crippen LogP contribution in [0.2, 0.25) is 0 Å². The van der Waals surface area contributed by atoms with Crippen LogP contribution in [0, 0.1) is 0 Å². The Labute approximate surface area is 171 Å². The van der Waals surface area contributed by atoms with Crippen LogP contribution in [-0.4, -0.2) is 59.0 Å². The topological polar surface area (TPSA) is 90.5 Å². The SMILES string of the molecule is O=C(CSc1nc(=O)n(CC[NH+]2CCOCC2)c2c1CCC2)Nc1nccs1. The number of morpholine rings is 1. The number of aromatic nitrogens is 3. The Hall–Kier alpha value is -1.75. The maximum absolute atomic E-state index is 12.7. The first kappa shape index (κ1) is 19.6. The molecule has 0 radical (unpaired) electrons. The highest BCUT2D eigenvalue weighted by Crippen LogP contribution is 2.29. The van der Waals surface area contributed by atoms with Crippen LogP contribution >= 0.6 is 23.1 Å². The first-order valence-corrected chi connectivity index (χ1v) is 11.4. The summed E-state index contributed by atoms with van der Waals surface area (Å²) in [6, 6.07) is 0. The maximum Gasteiger partial charge on any atom is 0.349 e. The summed E-state index contributed by atoms with van der Waals surface area (Å²) in [6.07, 6.45) is 4.51. The van der Waals surface area contributed by atoms with Crippen LogP contribution in [0.5, 0.6) is 0 Å². The molecule has 1 saturated heterocycles. The lowest BCUT2D eigenvalue weighted by molar-refractivity contribution is -0.908. The second-order valence-electron chi connectivity index (χ2n) is 6.92. The molecule has 1 aliphatic carbocycles. The molecule has 10 heteroatoms. The second-order valence-corrected chi connectivity index (χ2v) is 8.78. The number of fused-ring (bicyclic) bond motifs is 1. The van der Waals surface area contributed by atoms with Gasteiger partial charge in [-0.2, -0.15) is 4.98 Å². The van der Waals surface area contributed by atoms with Crippen LogP contribution in [0.1, 0.15) is 17.7 Å². The van der Waals surface area contributed by atoms with Crippen LogP contribution in [0.4, 0.5) is 5.13 Å². The fourth-order valence-electron chi connectivity index (χ4n) is 3.69. The van der Waals surface area contributed by atoms with Gasteiger partial charge in [-0.1, -0.05) is 11.8 Å². The molecule has 1 fully saturated rings. The van der Waals surface area contributed by atoms with E-state index in [1.54, 1.807) is 6.20 Å². The number of anilines is 1. The molecule has 0 saturated carbocycles. The molecule has 0 bridgehead atoms. The van der Waals surface area contributed by atoms with E-state index in [2.05, 4.69) is 15.3 Å². The summed E-state index contributed by atoms with van der Waals surface area (Å²) in [5.74, 6) is 0.0917. The summed E-state index contributed by atoms with van der Waals surface area (Å²) in [4.78, 5) is 34.6. The fourth-order valence-corrected chi connectivity index (χ4v) is 5.11. The largest absolute Gasteiger partial charge is 0.370 e.